The number of fused-ring (bicyclic) bond motifs is 1. The largest absolute Gasteiger partial charge is 0.463 e. The number of unbranched alkanes of at least 4 members (excludes halogenated alkanes) is 1. The smallest absolute Gasteiger partial charge is 0.303 e. The number of esters is 3. The summed E-state index contributed by atoms with van der Waals surface area (Å²) in [6, 6.07) is -1.21. The molecule has 2 N–H and O–H groups in total. The predicted molar refractivity (Wildman–Crippen MR) is 161 cm³/mol. The molecule has 2 fully saturated rings. The van der Waals surface area contributed by atoms with Crippen molar-refractivity contribution in [3.8, 4) is 0 Å². The number of rotatable bonds is 16. The van der Waals surface area contributed by atoms with Gasteiger partial charge in [-0.3, -0.25) is 19.2 Å². The number of hydrogen-bond acceptors (Lipinski definition) is 14. The summed E-state index contributed by atoms with van der Waals surface area (Å²) in [7, 11) is 0. The average Bonchev–Trinajstić information content (AvgIpc) is 2.93. The Bertz CT molecular complexity index is 1030. The summed E-state index contributed by atoms with van der Waals surface area (Å²) in [5, 5.41) is 12.6. The third kappa shape index (κ3) is 12.8. The standard InChI is InChI=1S/C28H44Cl3NO14/c1-8-9-10-38-25-21(32-26(37)28(29,30)31)23(22-20(44-25)13-40-27(6,7)46-22)45-24(14(2)41-16(4)35)43-19(12-39-15(3)34)18(11-33)42-17(5)36/h14,18-25,33H,8-13H2,1-7H3,(H,32,37)/t14-,18+,19?,20?,21-,22+,23?,24-,25+/m0/s1. The molecule has 0 aromatic rings. The minimum atomic E-state index is -2.39. The van der Waals surface area contributed by atoms with Crippen molar-refractivity contribution in [3.63, 3.8) is 0 Å². The number of alkyl halides is 3. The fourth-order valence-corrected chi connectivity index (χ4v) is 4.80. The van der Waals surface area contributed by atoms with Gasteiger partial charge in [-0.25, -0.2) is 0 Å². The van der Waals surface area contributed by atoms with Gasteiger partial charge in [-0.05, 0) is 27.2 Å². The lowest BCUT2D eigenvalue weighted by Gasteiger charge is -2.52. The highest BCUT2D eigenvalue weighted by Crippen LogP contribution is 2.36. The van der Waals surface area contributed by atoms with Gasteiger partial charge in [-0.1, -0.05) is 48.1 Å². The summed E-state index contributed by atoms with van der Waals surface area (Å²) < 4.78 is 50.1. The van der Waals surface area contributed by atoms with Gasteiger partial charge in [0.2, 0.25) is 0 Å². The quantitative estimate of drug-likeness (QED) is 0.0776. The molecule has 0 aromatic carbocycles. The molecule has 1 amide bonds. The van der Waals surface area contributed by atoms with Crippen LogP contribution in [0.25, 0.3) is 0 Å². The summed E-state index contributed by atoms with van der Waals surface area (Å²) in [5.41, 5.74) is 0. The van der Waals surface area contributed by atoms with E-state index in [-0.39, 0.29) is 13.2 Å². The molecule has 15 nitrogen and oxygen atoms in total. The molecule has 0 bridgehead atoms. The zero-order chi connectivity index (χ0) is 34.8. The van der Waals surface area contributed by atoms with Crippen molar-refractivity contribution < 1.29 is 66.9 Å². The van der Waals surface area contributed by atoms with Crippen LogP contribution in [0, 0.1) is 0 Å². The van der Waals surface area contributed by atoms with Crippen molar-refractivity contribution in [2.75, 3.05) is 26.4 Å². The highest BCUT2D eigenvalue weighted by atomic mass is 35.6. The van der Waals surface area contributed by atoms with Gasteiger partial charge in [0.05, 0.1) is 13.2 Å². The maximum absolute atomic E-state index is 13.0. The Balaban J connectivity index is 2.62. The van der Waals surface area contributed by atoms with Crippen LogP contribution in [-0.2, 0) is 61.8 Å². The van der Waals surface area contributed by atoms with E-state index in [0.29, 0.717) is 6.42 Å². The highest BCUT2D eigenvalue weighted by molar-refractivity contribution is 6.76. The van der Waals surface area contributed by atoms with Gasteiger partial charge >= 0.3 is 17.9 Å². The summed E-state index contributed by atoms with van der Waals surface area (Å²) in [6.07, 6.45) is -8.08. The van der Waals surface area contributed by atoms with Gasteiger partial charge in [-0.2, -0.15) is 0 Å². The molecule has 46 heavy (non-hydrogen) atoms. The van der Waals surface area contributed by atoms with Gasteiger partial charge in [0.15, 0.2) is 24.5 Å². The van der Waals surface area contributed by atoms with Gasteiger partial charge in [0, 0.05) is 27.4 Å². The second kappa shape index (κ2) is 18.3. The maximum Gasteiger partial charge on any atom is 0.303 e. The van der Waals surface area contributed by atoms with Crippen LogP contribution in [0.3, 0.4) is 0 Å². The molecule has 9 atom stereocenters. The molecule has 2 saturated heterocycles. The van der Waals surface area contributed by atoms with Gasteiger partial charge in [-0.15, -0.1) is 0 Å². The van der Waals surface area contributed by atoms with Crippen LogP contribution in [0.5, 0.6) is 0 Å². The third-order valence-corrected chi connectivity index (χ3v) is 7.21. The van der Waals surface area contributed by atoms with Crippen LogP contribution >= 0.6 is 34.8 Å². The zero-order valence-corrected chi connectivity index (χ0v) is 29.1. The van der Waals surface area contributed by atoms with Crippen LogP contribution in [0.15, 0.2) is 0 Å². The zero-order valence-electron chi connectivity index (χ0n) is 26.8. The molecule has 266 valence electrons. The lowest BCUT2D eigenvalue weighted by molar-refractivity contribution is -0.386. The van der Waals surface area contributed by atoms with Crippen LogP contribution in [0.2, 0.25) is 0 Å². The molecule has 2 rings (SSSR count). The molecule has 2 aliphatic heterocycles. The number of carbonyl (C=O) groups is 4. The monoisotopic (exact) mass is 723 g/mol. The minimum absolute atomic E-state index is 0.0371. The molecule has 2 aliphatic rings. The highest BCUT2D eigenvalue weighted by Gasteiger charge is 2.55. The van der Waals surface area contributed by atoms with Crippen LogP contribution in [-0.4, -0.2) is 120 Å². The molecule has 18 heteroatoms. The average molecular weight is 725 g/mol. The van der Waals surface area contributed by atoms with Gasteiger partial charge in [0.1, 0.15) is 43.2 Å². The molecule has 2 heterocycles. The first-order valence-corrected chi connectivity index (χ1v) is 15.9. The van der Waals surface area contributed by atoms with Crippen molar-refractivity contribution in [2.45, 2.75) is 126 Å². The fraction of sp³-hybridized carbons (Fsp3) is 0.857. The van der Waals surface area contributed by atoms with Crippen molar-refractivity contribution in [3.05, 3.63) is 0 Å². The molecule has 0 spiro atoms. The van der Waals surface area contributed by atoms with Crippen molar-refractivity contribution in [2.24, 2.45) is 0 Å². The van der Waals surface area contributed by atoms with Crippen LogP contribution in [0.1, 0.15) is 61.3 Å². The predicted octanol–water partition coefficient (Wildman–Crippen LogP) is 2.07. The topological polar surface area (TPSA) is 184 Å². The number of carbonyl (C=O) groups excluding carboxylic acids is 4. The number of amides is 1. The lowest BCUT2D eigenvalue weighted by Crippen LogP contribution is -2.70. The number of halogens is 3. The summed E-state index contributed by atoms with van der Waals surface area (Å²) in [5.74, 6) is -4.31. The van der Waals surface area contributed by atoms with Crippen molar-refractivity contribution in [1.29, 1.82) is 0 Å². The van der Waals surface area contributed by atoms with E-state index in [9.17, 15) is 24.3 Å². The number of aliphatic hydroxyl groups is 1. The Morgan fingerprint density at radius 3 is 2.24 bits per heavy atom. The van der Waals surface area contributed by atoms with E-state index in [2.05, 4.69) is 5.32 Å². The summed E-state index contributed by atoms with van der Waals surface area (Å²) in [6.45, 7) is 9.20. The minimum Gasteiger partial charge on any atom is -0.463 e. The van der Waals surface area contributed by atoms with E-state index in [4.69, 9.17) is 77.4 Å². The number of aliphatic hydroxyl groups excluding tert-OH is 1. The van der Waals surface area contributed by atoms with Crippen LogP contribution < -0.4 is 5.32 Å². The van der Waals surface area contributed by atoms with E-state index >= 15 is 0 Å². The maximum atomic E-state index is 13.0. The Morgan fingerprint density at radius 2 is 1.70 bits per heavy atom. The van der Waals surface area contributed by atoms with E-state index < -0.39 is 102 Å². The summed E-state index contributed by atoms with van der Waals surface area (Å²) >= 11 is 17.7. The lowest BCUT2D eigenvalue weighted by atomic mass is 9.94. The Kier molecular flexibility index (Phi) is 16.2. The number of ether oxygens (including phenoxy) is 9. The first kappa shape index (κ1) is 40.6. The van der Waals surface area contributed by atoms with Crippen LogP contribution in [0.4, 0.5) is 0 Å². The van der Waals surface area contributed by atoms with Gasteiger partial charge in [0.25, 0.3) is 9.70 Å². The van der Waals surface area contributed by atoms with Crippen molar-refractivity contribution >= 4 is 58.6 Å². The van der Waals surface area contributed by atoms with E-state index in [1.165, 1.54) is 6.92 Å². The number of nitrogens with one attached hydrogen (secondary N) is 1. The molecular formula is C28H44Cl3NO14. The first-order chi connectivity index (χ1) is 21.4. The Hall–Kier alpha value is -1.53. The molecular weight excluding hydrogens is 681 g/mol. The molecule has 0 radical (unpaired) electrons. The molecule has 0 aromatic heterocycles. The second-order valence-electron chi connectivity index (χ2n) is 11.1. The second-order valence-corrected chi connectivity index (χ2v) is 13.4. The molecule has 3 unspecified atom stereocenters. The van der Waals surface area contributed by atoms with Crippen molar-refractivity contribution in [1.82, 2.24) is 5.32 Å². The molecule has 0 aliphatic carbocycles. The number of hydrogen-bond donors (Lipinski definition) is 2. The Morgan fingerprint density at radius 1 is 1.04 bits per heavy atom. The first-order valence-electron chi connectivity index (χ1n) is 14.7. The SMILES string of the molecule is CCCCO[C@@H]1OC2COC(C)(C)O[C@H]2C(O[C@H](OC(COC(C)=O)[C@@H](CO)OC(C)=O)[C@H](C)OC(C)=O)[C@@H]1NC(=O)C(Cl)(Cl)Cl. The van der Waals surface area contributed by atoms with E-state index in [1.807, 2.05) is 6.92 Å². The Labute approximate surface area is 283 Å². The summed E-state index contributed by atoms with van der Waals surface area (Å²) in [4.78, 5) is 48.5. The molecule has 0 saturated carbocycles. The van der Waals surface area contributed by atoms with E-state index in [1.54, 1.807) is 13.8 Å². The van der Waals surface area contributed by atoms with Gasteiger partial charge < -0.3 is 53.1 Å². The third-order valence-electron chi connectivity index (χ3n) is 6.69. The van der Waals surface area contributed by atoms with E-state index in [0.717, 1.165) is 27.2 Å². The normalized spacial score (nSPS) is 26.9. The fourth-order valence-electron chi connectivity index (χ4n) is 4.63.